The summed E-state index contributed by atoms with van der Waals surface area (Å²) in [5, 5.41) is 0. The highest BCUT2D eigenvalue weighted by atomic mass is 16.2. The molecule has 2 heterocycles. The molecule has 25 heavy (non-hydrogen) atoms. The quantitative estimate of drug-likeness (QED) is 0.915. The van der Waals surface area contributed by atoms with Crippen molar-refractivity contribution in [3.8, 4) is 0 Å². The normalized spacial score (nSPS) is 20.2. The summed E-state index contributed by atoms with van der Waals surface area (Å²) in [4.78, 5) is 30.0. The van der Waals surface area contributed by atoms with Gasteiger partial charge in [0.05, 0.1) is 0 Å². The van der Waals surface area contributed by atoms with Gasteiger partial charge in [0, 0.05) is 18.8 Å². The highest BCUT2D eigenvalue weighted by Gasteiger charge is 2.25. The maximum absolute atomic E-state index is 12.9. The number of carbonyl (C=O) groups is 1. The summed E-state index contributed by atoms with van der Waals surface area (Å²) in [5.41, 5.74) is 3.60. The van der Waals surface area contributed by atoms with Gasteiger partial charge in [-0.05, 0) is 61.6 Å². The Balaban J connectivity index is 1.51. The second kappa shape index (κ2) is 6.87. The van der Waals surface area contributed by atoms with Crippen LogP contribution < -0.4 is 5.56 Å². The zero-order valence-corrected chi connectivity index (χ0v) is 14.5. The summed E-state index contributed by atoms with van der Waals surface area (Å²) in [5.74, 6) is 0.391. The number of rotatable bonds is 2. The Morgan fingerprint density at radius 3 is 2.72 bits per heavy atom. The molecule has 1 fully saturated rings. The van der Waals surface area contributed by atoms with Gasteiger partial charge in [0.1, 0.15) is 5.56 Å². The van der Waals surface area contributed by atoms with E-state index in [-0.39, 0.29) is 11.5 Å². The second-order valence-electron chi connectivity index (χ2n) is 7.20. The molecule has 1 aromatic carbocycles. The van der Waals surface area contributed by atoms with Gasteiger partial charge in [0.2, 0.25) is 0 Å². The number of nitrogens with one attached hydrogen (secondary N) is 1. The van der Waals surface area contributed by atoms with Crippen molar-refractivity contribution in [1.82, 2.24) is 9.88 Å². The number of amides is 1. The third-order valence-electron chi connectivity index (χ3n) is 5.60. The van der Waals surface area contributed by atoms with Crippen molar-refractivity contribution in [3.63, 3.8) is 0 Å². The Labute approximate surface area is 147 Å². The molecule has 1 saturated heterocycles. The number of aromatic nitrogens is 1. The fraction of sp³-hybridized carbons (Fsp3) is 0.429. The van der Waals surface area contributed by atoms with Crippen LogP contribution in [0.5, 0.6) is 0 Å². The highest BCUT2D eigenvalue weighted by molar-refractivity contribution is 5.94. The van der Waals surface area contributed by atoms with Gasteiger partial charge in [-0.1, -0.05) is 30.3 Å². The minimum atomic E-state index is -0.227. The van der Waals surface area contributed by atoms with Crippen molar-refractivity contribution in [1.29, 1.82) is 0 Å². The Bertz CT molecular complexity index is 826. The fourth-order valence-corrected chi connectivity index (χ4v) is 4.20. The molecular weight excluding hydrogens is 312 g/mol. The summed E-state index contributed by atoms with van der Waals surface area (Å²) in [6.07, 6.45) is 5.97. The van der Waals surface area contributed by atoms with Crippen molar-refractivity contribution in [3.05, 3.63) is 69.1 Å². The maximum Gasteiger partial charge on any atom is 0.261 e. The number of carbonyl (C=O) groups excluding carboxylic acids is 1. The number of fused-ring (bicyclic) bond motifs is 1. The topological polar surface area (TPSA) is 53.2 Å². The molecule has 2 aliphatic rings. The van der Waals surface area contributed by atoms with Crippen molar-refractivity contribution >= 4 is 5.91 Å². The van der Waals surface area contributed by atoms with Crippen LogP contribution in [-0.2, 0) is 12.8 Å². The van der Waals surface area contributed by atoms with Gasteiger partial charge in [-0.15, -0.1) is 0 Å². The standard InChI is InChI=1S/C21H24N2O2/c24-20-18(14-17-8-4-10-19(17)22-20)21(25)23-12-5-9-16(11-13-23)15-6-2-1-3-7-15/h1-3,6-7,14,16H,4-5,8-13H2,(H,22,24)/t16-/m1/s1. The molecule has 0 bridgehead atoms. The van der Waals surface area contributed by atoms with Gasteiger partial charge in [-0.25, -0.2) is 0 Å². The number of hydrogen-bond donors (Lipinski definition) is 1. The molecule has 0 saturated carbocycles. The zero-order valence-electron chi connectivity index (χ0n) is 14.5. The van der Waals surface area contributed by atoms with Gasteiger partial charge < -0.3 is 9.88 Å². The van der Waals surface area contributed by atoms with E-state index < -0.39 is 0 Å². The van der Waals surface area contributed by atoms with E-state index in [1.165, 1.54) is 5.56 Å². The van der Waals surface area contributed by atoms with Crippen molar-refractivity contribution in [2.75, 3.05) is 13.1 Å². The first-order valence-corrected chi connectivity index (χ1v) is 9.31. The maximum atomic E-state index is 12.9. The molecule has 0 spiro atoms. The first-order chi connectivity index (χ1) is 12.2. The predicted octanol–water partition coefficient (Wildman–Crippen LogP) is 3.27. The van der Waals surface area contributed by atoms with E-state index in [4.69, 9.17) is 0 Å². The molecular formula is C21H24N2O2. The van der Waals surface area contributed by atoms with Crippen LogP contribution in [0.4, 0.5) is 0 Å². The Morgan fingerprint density at radius 2 is 1.88 bits per heavy atom. The molecule has 1 atom stereocenters. The minimum Gasteiger partial charge on any atom is -0.338 e. The zero-order chi connectivity index (χ0) is 17.2. The molecule has 1 aromatic heterocycles. The van der Waals surface area contributed by atoms with Gasteiger partial charge in [0.25, 0.3) is 11.5 Å². The lowest BCUT2D eigenvalue weighted by atomic mass is 9.92. The van der Waals surface area contributed by atoms with Crippen LogP contribution in [0.25, 0.3) is 0 Å². The summed E-state index contributed by atoms with van der Waals surface area (Å²) in [6.45, 7) is 1.45. The Kier molecular flexibility index (Phi) is 4.43. The second-order valence-corrected chi connectivity index (χ2v) is 7.20. The van der Waals surface area contributed by atoms with Crippen LogP contribution in [0.1, 0.15) is 58.8 Å². The van der Waals surface area contributed by atoms with E-state index in [9.17, 15) is 9.59 Å². The number of benzene rings is 1. The van der Waals surface area contributed by atoms with Gasteiger partial charge in [-0.3, -0.25) is 9.59 Å². The molecule has 1 aliphatic heterocycles. The number of aromatic amines is 1. The average molecular weight is 336 g/mol. The van der Waals surface area contributed by atoms with Crippen LogP contribution >= 0.6 is 0 Å². The largest absolute Gasteiger partial charge is 0.338 e. The number of aryl methyl sites for hydroxylation is 2. The van der Waals surface area contributed by atoms with Crippen molar-refractivity contribution in [2.45, 2.75) is 44.4 Å². The van der Waals surface area contributed by atoms with E-state index in [1.807, 2.05) is 17.0 Å². The van der Waals surface area contributed by atoms with Crippen molar-refractivity contribution in [2.24, 2.45) is 0 Å². The molecule has 1 aliphatic carbocycles. The lowest BCUT2D eigenvalue weighted by Crippen LogP contribution is -2.36. The molecule has 4 rings (SSSR count). The Hall–Kier alpha value is -2.36. The number of likely N-dealkylation sites (tertiary alicyclic amines) is 1. The molecule has 1 N–H and O–H groups in total. The third-order valence-corrected chi connectivity index (χ3v) is 5.60. The van der Waals surface area contributed by atoms with E-state index in [0.717, 1.165) is 62.9 Å². The minimum absolute atomic E-state index is 0.107. The summed E-state index contributed by atoms with van der Waals surface area (Å²) < 4.78 is 0. The van der Waals surface area contributed by atoms with Crippen LogP contribution in [-0.4, -0.2) is 28.9 Å². The fourth-order valence-electron chi connectivity index (χ4n) is 4.20. The monoisotopic (exact) mass is 336 g/mol. The first-order valence-electron chi connectivity index (χ1n) is 9.31. The molecule has 4 heteroatoms. The third kappa shape index (κ3) is 3.26. The predicted molar refractivity (Wildman–Crippen MR) is 98.0 cm³/mol. The van der Waals surface area contributed by atoms with Crippen LogP contribution in [0, 0.1) is 0 Å². The van der Waals surface area contributed by atoms with E-state index in [2.05, 4.69) is 29.2 Å². The Morgan fingerprint density at radius 1 is 1.04 bits per heavy atom. The first kappa shape index (κ1) is 16.1. The number of nitrogens with zero attached hydrogens (tertiary/aromatic N) is 1. The lowest BCUT2D eigenvalue weighted by molar-refractivity contribution is 0.0759. The SMILES string of the molecule is O=C(c1cc2c([nH]c1=O)CCC2)N1CCC[C@@H](c2ccccc2)CC1. The molecule has 1 amide bonds. The molecule has 2 aromatic rings. The summed E-state index contributed by atoms with van der Waals surface area (Å²) >= 11 is 0. The van der Waals surface area contributed by atoms with E-state index in [1.54, 1.807) is 0 Å². The highest BCUT2D eigenvalue weighted by Crippen LogP contribution is 2.28. The average Bonchev–Trinajstić information content (AvgIpc) is 2.94. The van der Waals surface area contributed by atoms with Crippen LogP contribution in [0.15, 0.2) is 41.2 Å². The molecule has 0 radical (unpaired) electrons. The van der Waals surface area contributed by atoms with Gasteiger partial charge >= 0.3 is 0 Å². The number of hydrogen-bond acceptors (Lipinski definition) is 2. The van der Waals surface area contributed by atoms with Crippen LogP contribution in [0.2, 0.25) is 0 Å². The van der Waals surface area contributed by atoms with E-state index >= 15 is 0 Å². The van der Waals surface area contributed by atoms with E-state index in [0.29, 0.717) is 11.5 Å². The summed E-state index contributed by atoms with van der Waals surface area (Å²) in [7, 11) is 0. The summed E-state index contributed by atoms with van der Waals surface area (Å²) in [6, 6.07) is 12.4. The molecule has 130 valence electrons. The molecule has 0 unspecified atom stereocenters. The number of H-pyrrole nitrogens is 1. The lowest BCUT2D eigenvalue weighted by Gasteiger charge is -2.21. The smallest absolute Gasteiger partial charge is 0.261 e. The molecule has 4 nitrogen and oxygen atoms in total. The van der Waals surface area contributed by atoms with Gasteiger partial charge in [-0.2, -0.15) is 0 Å². The van der Waals surface area contributed by atoms with Crippen LogP contribution in [0.3, 0.4) is 0 Å². The van der Waals surface area contributed by atoms with Gasteiger partial charge in [0.15, 0.2) is 0 Å². The number of pyridine rings is 1. The van der Waals surface area contributed by atoms with Crippen molar-refractivity contribution < 1.29 is 4.79 Å².